The predicted octanol–water partition coefficient (Wildman–Crippen LogP) is 1.17. The van der Waals surface area contributed by atoms with E-state index in [1.165, 1.54) is 0 Å². The molecule has 2 fully saturated rings. The van der Waals surface area contributed by atoms with E-state index in [2.05, 4.69) is 49.6 Å². The molecule has 0 saturated carbocycles. The average molecular weight is 308 g/mol. The molecule has 0 bridgehead atoms. The van der Waals surface area contributed by atoms with Gasteiger partial charge in [-0.2, -0.15) is 0 Å². The van der Waals surface area contributed by atoms with Crippen molar-refractivity contribution >= 4 is 0 Å². The van der Waals surface area contributed by atoms with E-state index in [1.54, 1.807) is 0 Å². The van der Waals surface area contributed by atoms with Gasteiger partial charge in [-0.3, -0.25) is 0 Å². The van der Waals surface area contributed by atoms with Crippen LogP contribution in [0.4, 0.5) is 0 Å². The Balaban J connectivity index is 2.20. The lowest BCUT2D eigenvalue weighted by molar-refractivity contribution is -0.0432. The van der Waals surface area contributed by atoms with Crippen LogP contribution in [0.25, 0.3) is 0 Å². The standard InChI is InChI=1S/C18H32N2O2/c1-13-11-19(5)15(3)9-17(13,21)7-8-18(22)10-16(4)20(6)12-14(18)2/h13-16,21-22H,9-12H2,1-6H3/t13-,14+,15+,16-,17+,18-. The molecular formula is C18H32N2O2. The van der Waals surface area contributed by atoms with Gasteiger partial charge in [-0.1, -0.05) is 25.7 Å². The zero-order valence-electron chi connectivity index (χ0n) is 14.9. The highest BCUT2D eigenvalue weighted by Gasteiger charge is 2.43. The Morgan fingerprint density at radius 2 is 1.09 bits per heavy atom. The summed E-state index contributed by atoms with van der Waals surface area (Å²) in [7, 11) is 4.17. The third-order valence-corrected chi connectivity index (χ3v) is 5.97. The SMILES string of the molecule is C[C@@H]1C[C@](O)(C#C[C@]2(O)C[C@H](C)N(C)C[C@H]2C)[C@@H](C)CN1C. The van der Waals surface area contributed by atoms with Crippen LogP contribution in [0.5, 0.6) is 0 Å². The van der Waals surface area contributed by atoms with Crippen molar-refractivity contribution in [3.8, 4) is 11.8 Å². The molecule has 22 heavy (non-hydrogen) atoms. The molecule has 6 atom stereocenters. The second kappa shape index (κ2) is 6.13. The molecule has 0 aromatic carbocycles. The van der Waals surface area contributed by atoms with Crippen LogP contribution in [-0.4, -0.2) is 70.5 Å². The van der Waals surface area contributed by atoms with Crippen molar-refractivity contribution in [3.05, 3.63) is 0 Å². The van der Waals surface area contributed by atoms with Gasteiger partial charge in [0.05, 0.1) is 0 Å². The first-order valence-electron chi connectivity index (χ1n) is 8.47. The molecule has 2 aliphatic heterocycles. The van der Waals surface area contributed by atoms with Crippen LogP contribution in [0.1, 0.15) is 40.5 Å². The van der Waals surface area contributed by atoms with Crippen LogP contribution in [-0.2, 0) is 0 Å². The van der Waals surface area contributed by atoms with E-state index in [-0.39, 0.29) is 11.8 Å². The van der Waals surface area contributed by atoms with Gasteiger partial charge < -0.3 is 20.0 Å². The number of likely N-dealkylation sites (tertiary alicyclic amines) is 2. The van der Waals surface area contributed by atoms with Gasteiger partial charge in [0.25, 0.3) is 0 Å². The highest BCUT2D eigenvalue weighted by Crippen LogP contribution is 2.33. The van der Waals surface area contributed by atoms with E-state index in [9.17, 15) is 10.2 Å². The number of hydrogen-bond donors (Lipinski definition) is 2. The summed E-state index contributed by atoms with van der Waals surface area (Å²) in [5.74, 6) is 6.34. The van der Waals surface area contributed by atoms with Gasteiger partial charge in [0.2, 0.25) is 0 Å². The lowest BCUT2D eigenvalue weighted by Gasteiger charge is -2.44. The van der Waals surface area contributed by atoms with E-state index in [0.717, 1.165) is 13.1 Å². The lowest BCUT2D eigenvalue weighted by atomic mass is 9.76. The molecule has 2 saturated heterocycles. The van der Waals surface area contributed by atoms with Crippen LogP contribution in [0.3, 0.4) is 0 Å². The molecule has 4 heteroatoms. The monoisotopic (exact) mass is 308 g/mol. The van der Waals surface area contributed by atoms with E-state index < -0.39 is 11.2 Å². The smallest absolute Gasteiger partial charge is 0.130 e. The molecule has 0 radical (unpaired) electrons. The highest BCUT2D eigenvalue weighted by molar-refractivity contribution is 5.26. The predicted molar refractivity (Wildman–Crippen MR) is 89.4 cm³/mol. The van der Waals surface area contributed by atoms with Crippen LogP contribution in [0.2, 0.25) is 0 Å². The fourth-order valence-electron chi connectivity index (χ4n) is 3.71. The summed E-state index contributed by atoms with van der Waals surface area (Å²) in [6.45, 7) is 9.99. The van der Waals surface area contributed by atoms with Gasteiger partial charge in [0, 0.05) is 49.9 Å². The molecule has 0 aliphatic carbocycles. The molecule has 0 aromatic rings. The normalized spacial score (nSPS) is 47.8. The summed E-state index contributed by atoms with van der Waals surface area (Å²) in [5, 5.41) is 21.9. The third-order valence-electron chi connectivity index (χ3n) is 5.97. The third kappa shape index (κ3) is 3.33. The van der Waals surface area contributed by atoms with Crippen LogP contribution in [0.15, 0.2) is 0 Å². The fourth-order valence-corrected chi connectivity index (χ4v) is 3.71. The number of piperidine rings is 2. The first kappa shape index (κ1) is 17.7. The Bertz CT molecular complexity index is 431. The topological polar surface area (TPSA) is 46.9 Å². The molecule has 2 N–H and O–H groups in total. The zero-order chi connectivity index (χ0) is 16.7. The molecule has 0 amide bonds. The fraction of sp³-hybridized carbons (Fsp3) is 0.889. The van der Waals surface area contributed by atoms with Crippen molar-refractivity contribution in [2.75, 3.05) is 27.2 Å². The Labute approximate surface area is 135 Å². The minimum absolute atomic E-state index is 0.0868. The van der Waals surface area contributed by atoms with Gasteiger partial charge in [-0.25, -0.2) is 0 Å². The van der Waals surface area contributed by atoms with Crippen molar-refractivity contribution in [2.24, 2.45) is 11.8 Å². The van der Waals surface area contributed by atoms with Crippen molar-refractivity contribution in [1.82, 2.24) is 9.80 Å². The first-order chi connectivity index (χ1) is 10.1. The zero-order valence-corrected chi connectivity index (χ0v) is 14.9. The quantitative estimate of drug-likeness (QED) is 0.660. The molecule has 2 rings (SSSR count). The molecule has 4 nitrogen and oxygen atoms in total. The maximum Gasteiger partial charge on any atom is 0.130 e. The molecule has 0 unspecified atom stereocenters. The summed E-state index contributed by atoms with van der Waals surface area (Å²) in [4.78, 5) is 4.52. The van der Waals surface area contributed by atoms with Crippen LogP contribution in [0, 0.1) is 23.7 Å². The number of nitrogens with zero attached hydrogens (tertiary/aromatic N) is 2. The first-order valence-corrected chi connectivity index (χ1v) is 8.47. The van der Waals surface area contributed by atoms with E-state index >= 15 is 0 Å². The summed E-state index contributed by atoms with van der Waals surface area (Å²) >= 11 is 0. The molecule has 0 spiro atoms. The molecule has 0 aromatic heterocycles. The summed E-state index contributed by atoms with van der Waals surface area (Å²) in [6.07, 6.45) is 1.27. The minimum Gasteiger partial charge on any atom is -0.377 e. The van der Waals surface area contributed by atoms with Gasteiger partial charge >= 0.3 is 0 Å². The average Bonchev–Trinajstić information content (AvgIpc) is 2.42. The molecule has 126 valence electrons. The number of aliphatic hydroxyl groups is 2. The van der Waals surface area contributed by atoms with E-state index in [1.807, 2.05) is 13.8 Å². The minimum atomic E-state index is -0.992. The number of hydrogen-bond acceptors (Lipinski definition) is 4. The number of rotatable bonds is 0. The molecule has 2 heterocycles. The second-order valence-electron chi connectivity index (χ2n) is 7.89. The van der Waals surface area contributed by atoms with Gasteiger partial charge in [0.1, 0.15) is 11.2 Å². The van der Waals surface area contributed by atoms with Crippen molar-refractivity contribution in [3.63, 3.8) is 0 Å². The molecular weight excluding hydrogens is 276 g/mol. The summed E-state index contributed by atoms with van der Waals surface area (Å²) < 4.78 is 0. The van der Waals surface area contributed by atoms with Gasteiger partial charge in [-0.05, 0) is 27.9 Å². The van der Waals surface area contributed by atoms with Gasteiger partial charge in [0.15, 0.2) is 0 Å². The summed E-state index contributed by atoms with van der Waals surface area (Å²) in [5.41, 5.74) is -1.98. The maximum absolute atomic E-state index is 11.0. The highest BCUT2D eigenvalue weighted by atomic mass is 16.3. The Kier molecular flexibility index (Phi) is 4.94. The Morgan fingerprint density at radius 1 is 0.773 bits per heavy atom. The van der Waals surface area contributed by atoms with Gasteiger partial charge in [-0.15, -0.1) is 0 Å². The van der Waals surface area contributed by atoms with E-state index in [0.29, 0.717) is 24.9 Å². The van der Waals surface area contributed by atoms with Crippen molar-refractivity contribution in [2.45, 2.75) is 63.8 Å². The largest absolute Gasteiger partial charge is 0.377 e. The summed E-state index contributed by atoms with van der Waals surface area (Å²) in [6, 6.07) is 0.609. The van der Waals surface area contributed by atoms with Crippen LogP contribution >= 0.6 is 0 Å². The Morgan fingerprint density at radius 3 is 1.41 bits per heavy atom. The molecule has 2 aliphatic rings. The van der Waals surface area contributed by atoms with Crippen LogP contribution < -0.4 is 0 Å². The van der Waals surface area contributed by atoms with Crippen molar-refractivity contribution in [1.29, 1.82) is 0 Å². The Hall–Kier alpha value is -0.600. The maximum atomic E-state index is 11.0. The second-order valence-corrected chi connectivity index (χ2v) is 7.89. The lowest BCUT2D eigenvalue weighted by Crippen LogP contribution is -2.54. The van der Waals surface area contributed by atoms with Crippen molar-refractivity contribution < 1.29 is 10.2 Å². The van der Waals surface area contributed by atoms with E-state index in [4.69, 9.17) is 0 Å².